The Morgan fingerprint density at radius 3 is 2.84 bits per heavy atom. The second-order valence-corrected chi connectivity index (χ2v) is 4.46. The highest BCUT2D eigenvalue weighted by Crippen LogP contribution is 2.10. The van der Waals surface area contributed by atoms with Crippen molar-refractivity contribution in [3.63, 3.8) is 0 Å². The molecular weight excluding hydrogens is 274 g/mol. The Hall–Kier alpha value is -1.20. The Morgan fingerprint density at radius 2 is 2.16 bits per heavy atom. The van der Waals surface area contributed by atoms with E-state index >= 15 is 0 Å². The van der Waals surface area contributed by atoms with Gasteiger partial charge in [0.1, 0.15) is 11.6 Å². The van der Waals surface area contributed by atoms with Gasteiger partial charge >= 0.3 is 0 Å². The van der Waals surface area contributed by atoms with Crippen LogP contribution in [0.2, 0.25) is 0 Å². The molecule has 2 rings (SSSR count). The first-order chi connectivity index (χ1) is 8.66. The summed E-state index contributed by atoms with van der Waals surface area (Å²) in [4.78, 5) is 11.8. The fourth-order valence-corrected chi connectivity index (χ4v) is 2.06. The van der Waals surface area contributed by atoms with Crippen LogP contribution < -0.4 is 10.6 Å². The number of carbonyl (C=O) groups is 1. The van der Waals surface area contributed by atoms with Crippen LogP contribution >= 0.6 is 12.4 Å². The number of hydrogen-bond acceptors (Lipinski definition) is 2. The SMILES string of the molecule is Cl.O=C(NCc1cc(F)ccc1F)[C@H]1CCCCN1. The van der Waals surface area contributed by atoms with Crippen molar-refractivity contribution in [3.8, 4) is 0 Å². The monoisotopic (exact) mass is 290 g/mol. The summed E-state index contributed by atoms with van der Waals surface area (Å²) in [7, 11) is 0. The van der Waals surface area contributed by atoms with Crippen LogP contribution in [0.3, 0.4) is 0 Å². The third kappa shape index (κ3) is 4.44. The molecule has 0 aromatic heterocycles. The lowest BCUT2D eigenvalue weighted by Crippen LogP contribution is -2.46. The van der Waals surface area contributed by atoms with E-state index in [2.05, 4.69) is 10.6 Å². The predicted molar refractivity (Wildman–Crippen MR) is 71.1 cm³/mol. The molecule has 0 spiro atoms. The Bertz CT molecular complexity index is 437. The molecule has 0 bridgehead atoms. The second kappa shape index (κ2) is 7.40. The molecule has 19 heavy (non-hydrogen) atoms. The van der Waals surface area contributed by atoms with Crippen molar-refractivity contribution in [1.82, 2.24) is 10.6 Å². The first-order valence-corrected chi connectivity index (χ1v) is 6.12. The summed E-state index contributed by atoms with van der Waals surface area (Å²) in [6.45, 7) is 0.840. The van der Waals surface area contributed by atoms with Crippen LogP contribution in [-0.4, -0.2) is 18.5 Å². The molecule has 6 heteroatoms. The topological polar surface area (TPSA) is 41.1 Å². The van der Waals surface area contributed by atoms with E-state index in [0.29, 0.717) is 0 Å². The molecule has 3 nitrogen and oxygen atoms in total. The second-order valence-electron chi connectivity index (χ2n) is 4.46. The molecule has 1 aliphatic rings. The Balaban J connectivity index is 0.00000180. The van der Waals surface area contributed by atoms with E-state index in [0.717, 1.165) is 44.0 Å². The van der Waals surface area contributed by atoms with Gasteiger partial charge in [0.25, 0.3) is 0 Å². The van der Waals surface area contributed by atoms with E-state index in [1.807, 2.05) is 0 Å². The number of piperidine rings is 1. The lowest BCUT2D eigenvalue weighted by molar-refractivity contribution is -0.123. The zero-order valence-corrected chi connectivity index (χ0v) is 11.2. The molecule has 0 radical (unpaired) electrons. The number of benzene rings is 1. The fourth-order valence-electron chi connectivity index (χ4n) is 2.06. The van der Waals surface area contributed by atoms with Crippen LogP contribution in [0.5, 0.6) is 0 Å². The van der Waals surface area contributed by atoms with Gasteiger partial charge in [0, 0.05) is 12.1 Å². The standard InChI is InChI=1S/C13H16F2N2O.ClH/c14-10-4-5-11(15)9(7-10)8-17-13(18)12-3-1-2-6-16-12;/h4-5,7,12,16H,1-3,6,8H2,(H,17,18);1H/t12-;/m1./s1. The minimum atomic E-state index is -0.506. The van der Waals surface area contributed by atoms with Gasteiger partial charge in [-0.2, -0.15) is 0 Å². The van der Waals surface area contributed by atoms with Gasteiger partial charge in [0.05, 0.1) is 6.04 Å². The largest absolute Gasteiger partial charge is 0.351 e. The summed E-state index contributed by atoms with van der Waals surface area (Å²) in [6, 6.07) is 3.01. The van der Waals surface area contributed by atoms with E-state index in [-0.39, 0.29) is 36.5 Å². The van der Waals surface area contributed by atoms with E-state index in [9.17, 15) is 13.6 Å². The van der Waals surface area contributed by atoms with Crippen LogP contribution in [0.25, 0.3) is 0 Å². The maximum atomic E-state index is 13.3. The van der Waals surface area contributed by atoms with Crippen molar-refractivity contribution >= 4 is 18.3 Å². The highest BCUT2D eigenvalue weighted by Gasteiger charge is 2.20. The summed E-state index contributed by atoms with van der Waals surface area (Å²) in [5.74, 6) is -1.16. The Kier molecular flexibility index (Phi) is 6.18. The number of nitrogens with one attached hydrogen (secondary N) is 2. The quantitative estimate of drug-likeness (QED) is 0.895. The number of carbonyl (C=O) groups excluding carboxylic acids is 1. The van der Waals surface area contributed by atoms with Crippen molar-refractivity contribution in [2.75, 3.05) is 6.54 Å². The average molecular weight is 291 g/mol. The summed E-state index contributed by atoms with van der Waals surface area (Å²) >= 11 is 0. The van der Waals surface area contributed by atoms with Crippen LogP contribution in [-0.2, 0) is 11.3 Å². The molecule has 0 saturated carbocycles. The zero-order valence-electron chi connectivity index (χ0n) is 10.4. The molecule has 1 aromatic rings. The maximum Gasteiger partial charge on any atom is 0.237 e. The summed E-state index contributed by atoms with van der Waals surface area (Å²) < 4.78 is 26.3. The van der Waals surface area contributed by atoms with E-state index < -0.39 is 11.6 Å². The smallest absolute Gasteiger partial charge is 0.237 e. The van der Waals surface area contributed by atoms with Gasteiger partial charge in [0.2, 0.25) is 5.91 Å². The predicted octanol–water partition coefficient (Wildman–Crippen LogP) is 2.14. The minimum absolute atomic E-state index is 0. The van der Waals surface area contributed by atoms with Crippen molar-refractivity contribution in [3.05, 3.63) is 35.4 Å². The van der Waals surface area contributed by atoms with Gasteiger partial charge in [-0.3, -0.25) is 4.79 Å². The molecule has 1 fully saturated rings. The summed E-state index contributed by atoms with van der Waals surface area (Å²) in [5.41, 5.74) is 0.166. The summed E-state index contributed by atoms with van der Waals surface area (Å²) in [6.07, 6.45) is 2.87. The van der Waals surface area contributed by atoms with Crippen LogP contribution in [0.15, 0.2) is 18.2 Å². The Labute approximate surface area is 117 Å². The van der Waals surface area contributed by atoms with Crippen molar-refractivity contribution in [1.29, 1.82) is 0 Å². The van der Waals surface area contributed by atoms with E-state index in [1.165, 1.54) is 0 Å². The Morgan fingerprint density at radius 1 is 1.37 bits per heavy atom. The molecule has 106 valence electrons. The first-order valence-electron chi connectivity index (χ1n) is 6.12. The molecule has 1 saturated heterocycles. The van der Waals surface area contributed by atoms with Crippen LogP contribution in [0.4, 0.5) is 8.78 Å². The molecule has 1 amide bonds. The number of hydrogen-bond donors (Lipinski definition) is 2. The molecule has 0 aliphatic carbocycles. The third-order valence-electron chi connectivity index (χ3n) is 3.09. The van der Waals surface area contributed by atoms with Gasteiger partial charge < -0.3 is 10.6 Å². The van der Waals surface area contributed by atoms with Gasteiger partial charge in [-0.15, -0.1) is 12.4 Å². The maximum absolute atomic E-state index is 13.3. The van der Waals surface area contributed by atoms with Crippen LogP contribution in [0.1, 0.15) is 24.8 Å². The molecule has 2 N–H and O–H groups in total. The van der Waals surface area contributed by atoms with Gasteiger partial charge in [0.15, 0.2) is 0 Å². The van der Waals surface area contributed by atoms with Crippen molar-refractivity contribution in [2.45, 2.75) is 31.8 Å². The highest BCUT2D eigenvalue weighted by atomic mass is 35.5. The highest BCUT2D eigenvalue weighted by molar-refractivity contribution is 5.85. The van der Waals surface area contributed by atoms with E-state index in [1.54, 1.807) is 0 Å². The average Bonchev–Trinajstić information content (AvgIpc) is 2.40. The molecule has 1 aliphatic heterocycles. The zero-order chi connectivity index (χ0) is 13.0. The van der Waals surface area contributed by atoms with Gasteiger partial charge in [-0.25, -0.2) is 8.78 Å². The van der Waals surface area contributed by atoms with Gasteiger partial charge in [-0.05, 0) is 37.6 Å². The third-order valence-corrected chi connectivity index (χ3v) is 3.09. The van der Waals surface area contributed by atoms with Crippen molar-refractivity contribution in [2.24, 2.45) is 0 Å². The van der Waals surface area contributed by atoms with Gasteiger partial charge in [-0.1, -0.05) is 6.42 Å². The first kappa shape index (κ1) is 15.9. The molecular formula is C13H17ClF2N2O. The van der Waals surface area contributed by atoms with Crippen molar-refractivity contribution < 1.29 is 13.6 Å². The normalized spacial score (nSPS) is 18.5. The minimum Gasteiger partial charge on any atom is -0.351 e. The molecule has 1 atom stereocenters. The fraction of sp³-hybridized carbons (Fsp3) is 0.462. The summed E-state index contributed by atoms with van der Waals surface area (Å²) in [5, 5.41) is 5.73. The molecule has 0 unspecified atom stereocenters. The number of amides is 1. The van der Waals surface area contributed by atoms with Crippen LogP contribution in [0, 0.1) is 11.6 Å². The molecule has 1 heterocycles. The number of halogens is 3. The number of rotatable bonds is 3. The lowest BCUT2D eigenvalue weighted by atomic mass is 10.0. The molecule has 1 aromatic carbocycles. The van der Waals surface area contributed by atoms with E-state index in [4.69, 9.17) is 0 Å². The lowest BCUT2D eigenvalue weighted by Gasteiger charge is -2.22.